The highest BCUT2D eigenvalue weighted by atomic mass is 16.5. The first-order chi connectivity index (χ1) is 7.61. The van der Waals surface area contributed by atoms with Gasteiger partial charge in [-0.25, -0.2) is 9.59 Å². The Labute approximate surface area is 91.0 Å². The number of ether oxygens (including phenoxy) is 1. The number of aliphatic carboxylic acids is 1. The average molecular weight is 220 g/mol. The second-order valence-electron chi connectivity index (χ2n) is 2.78. The molecule has 0 radical (unpaired) electrons. The molecule has 16 heavy (non-hydrogen) atoms. The van der Waals surface area contributed by atoms with E-state index in [1.165, 1.54) is 24.3 Å². The topological polar surface area (TPSA) is 80.7 Å². The second-order valence-corrected chi connectivity index (χ2v) is 2.78. The van der Waals surface area contributed by atoms with Crippen LogP contribution in [0.2, 0.25) is 0 Å². The summed E-state index contributed by atoms with van der Waals surface area (Å²) in [6, 6.07) is 5.85. The zero-order chi connectivity index (χ0) is 12.0. The smallest absolute Gasteiger partial charge is 0.336 e. The number of benzene rings is 1. The molecule has 82 valence electrons. The summed E-state index contributed by atoms with van der Waals surface area (Å²) in [5.74, 6) is -1.78. The fourth-order valence-electron chi connectivity index (χ4n) is 0.904. The van der Waals surface area contributed by atoms with E-state index in [1.54, 1.807) is 0 Å². The summed E-state index contributed by atoms with van der Waals surface area (Å²) in [6.45, 7) is 0. The molecule has 1 N–H and O–H groups in total. The van der Waals surface area contributed by atoms with Crippen LogP contribution in [0, 0.1) is 0 Å². The molecule has 0 aromatic heterocycles. The van der Waals surface area contributed by atoms with E-state index in [0.717, 1.165) is 6.08 Å². The van der Waals surface area contributed by atoms with E-state index in [4.69, 9.17) is 9.84 Å². The molecule has 0 atom stereocenters. The molecule has 0 saturated heterocycles. The molecule has 1 rings (SSSR count). The van der Waals surface area contributed by atoms with Crippen LogP contribution < -0.4 is 4.74 Å². The van der Waals surface area contributed by atoms with Crippen molar-refractivity contribution in [3.05, 3.63) is 42.0 Å². The molecule has 5 nitrogen and oxygen atoms in total. The molecular formula is C11H8O5. The molecule has 0 aliphatic rings. The minimum absolute atomic E-state index is 0.241. The van der Waals surface area contributed by atoms with E-state index in [0.29, 0.717) is 17.9 Å². The van der Waals surface area contributed by atoms with Crippen molar-refractivity contribution in [1.29, 1.82) is 0 Å². The molecule has 0 saturated carbocycles. The predicted molar refractivity (Wildman–Crippen MR) is 54.2 cm³/mol. The molecule has 0 heterocycles. The van der Waals surface area contributed by atoms with Gasteiger partial charge in [0.15, 0.2) is 0 Å². The average Bonchev–Trinajstić information content (AvgIpc) is 2.27. The molecule has 5 heteroatoms. The summed E-state index contributed by atoms with van der Waals surface area (Å²) in [5, 5.41) is 8.26. The van der Waals surface area contributed by atoms with E-state index in [2.05, 4.69) is 0 Å². The van der Waals surface area contributed by atoms with Crippen molar-refractivity contribution < 1.29 is 24.2 Å². The summed E-state index contributed by atoms with van der Waals surface area (Å²) in [6.07, 6.45) is 2.15. The fourth-order valence-corrected chi connectivity index (χ4v) is 0.904. The normalized spacial score (nSPS) is 10.0. The van der Waals surface area contributed by atoms with Gasteiger partial charge in [-0.05, 0) is 24.3 Å². The molecule has 0 spiro atoms. The number of hydrogen-bond donors (Lipinski definition) is 1. The summed E-state index contributed by atoms with van der Waals surface area (Å²) in [7, 11) is 0. The van der Waals surface area contributed by atoms with Crippen molar-refractivity contribution in [3.63, 3.8) is 0 Å². The van der Waals surface area contributed by atoms with Gasteiger partial charge in [-0.1, -0.05) is 0 Å². The van der Waals surface area contributed by atoms with Crippen molar-refractivity contribution in [3.8, 4) is 5.75 Å². The number of rotatable bonds is 4. The Morgan fingerprint density at radius 2 is 1.75 bits per heavy atom. The van der Waals surface area contributed by atoms with Crippen LogP contribution in [-0.2, 0) is 9.59 Å². The monoisotopic (exact) mass is 220 g/mol. The highest BCUT2D eigenvalue weighted by Gasteiger charge is 2.01. The summed E-state index contributed by atoms with van der Waals surface area (Å²) < 4.78 is 4.76. The maximum Gasteiger partial charge on any atom is 0.336 e. The van der Waals surface area contributed by atoms with E-state index in [-0.39, 0.29) is 5.75 Å². The Kier molecular flexibility index (Phi) is 3.97. The van der Waals surface area contributed by atoms with Gasteiger partial charge in [0.2, 0.25) is 0 Å². The molecule has 0 aliphatic heterocycles. The minimum atomic E-state index is -1.23. The van der Waals surface area contributed by atoms with Crippen molar-refractivity contribution in [2.75, 3.05) is 0 Å². The first-order valence-corrected chi connectivity index (χ1v) is 4.30. The van der Waals surface area contributed by atoms with Gasteiger partial charge in [-0.15, -0.1) is 0 Å². The number of carboxylic acid groups (broad SMARTS) is 1. The zero-order valence-corrected chi connectivity index (χ0v) is 8.12. The standard InChI is InChI=1S/C11H8O5/c12-7-8-1-3-9(4-2-8)16-11(15)6-5-10(13)14/h1-7H,(H,13,14)/b6-5+. The molecule has 0 amide bonds. The third kappa shape index (κ3) is 3.75. The van der Waals surface area contributed by atoms with Crippen LogP contribution in [0.5, 0.6) is 5.75 Å². The van der Waals surface area contributed by atoms with Crippen LogP contribution in [0.25, 0.3) is 0 Å². The number of carbonyl (C=O) groups excluding carboxylic acids is 2. The van der Waals surface area contributed by atoms with Crippen molar-refractivity contribution >= 4 is 18.2 Å². The fraction of sp³-hybridized carbons (Fsp3) is 0. The van der Waals surface area contributed by atoms with Gasteiger partial charge < -0.3 is 9.84 Å². The van der Waals surface area contributed by atoms with Crippen LogP contribution >= 0.6 is 0 Å². The number of carbonyl (C=O) groups is 3. The van der Waals surface area contributed by atoms with Gasteiger partial charge in [0, 0.05) is 17.7 Å². The Morgan fingerprint density at radius 1 is 1.12 bits per heavy atom. The van der Waals surface area contributed by atoms with Crippen LogP contribution in [0.3, 0.4) is 0 Å². The molecule has 0 unspecified atom stereocenters. The number of aldehydes is 1. The lowest BCUT2D eigenvalue weighted by atomic mass is 10.2. The molecule has 1 aromatic rings. The summed E-state index contributed by atoms with van der Waals surface area (Å²) in [5.41, 5.74) is 0.459. The third-order valence-electron chi connectivity index (χ3n) is 1.60. The van der Waals surface area contributed by atoms with Gasteiger partial charge in [-0.3, -0.25) is 4.79 Å². The molecule has 0 fully saturated rings. The van der Waals surface area contributed by atoms with Gasteiger partial charge in [0.05, 0.1) is 0 Å². The lowest BCUT2D eigenvalue weighted by Crippen LogP contribution is -2.04. The predicted octanol–water partition coefficient (Wildman–Crippen LogP) is 1.05. The van der Waals surface area contributed by atoms with E-state index >= 15 is 0 Å². The van der Waals surface area contributed by atoms with E-state index in [1.807, 2.05) is 0 Å². The third-order valence-corrected chi connectivity index (χ3v) is 1.60. The van der Waals surface area contributed by atoms with Crippen LogP contribution in [0.1, 0.15) is 10.4 Å². The minimum Gasteiger partial charge on any atom is -0.478 e. The maximum atomic E-state index is 11.0. The Bertz CT molecular complexity index is 430. The largest absolute Gasteiger partial charge is 0.478 e. The van der Waals surface area contributed by atoms with Gasteiger partial charge in [0.1, 0.15) is 12.0 Å². The maximum absolute atomic E-state index is 11.0. The summed E-state index contributed by atoms with van der Waals surface area (Å²) >= 11 is 0. The highest BCUT2D eigenvalue weighted by molar-refractivity contribution is 5.91. The van der Waals surface area contributed by atoms with Gasteiger partial charge in [0.25, 0.3) is 0 Å². The number of esters is 1. The van der Waals surface area contributed by atoms with E-state index in [9.17, 15) is 14.4 Å². The number of carboxylic acids is 1. The molecule has 0 bridgehead atoms. The van der Waals surface area contributed by atoms with Crippen molar-refractivity contribution in [2.45, 2.75) is 0 Å². The van der Waals surface area contributed by atoms with Gasteiger partial charge in [-0.2, -0.15) is 0 Å². The Hall–Kier alpha value is -2.43. The number of hydrogen-bond acceptors (Lipinski definition) is 4. The molecule has 0 aliphatic carbocycles. The quantitative estimate of drug-likeness (QED) is 0.355. The molecular weight excluding hydrogens is 212 g/mol. The second kappa shape index (κ2) is 5.45. The van der Waals surface area contributed by atoms with E-state index < -0.39 is 11.9 Å². The lowest BCUT2D eigenvalue weighted by molar-refractivity contribution is -0.133. The Morgan fingerprint density at radius 3 is 2.25 bits per heavy atom. The first kappa shape index (κ1) is 11.6. The van der Waals surface area contributed by atoms with Crippen LogP contribution in [0.4, 0.5) is 0 Å². The molecule has 1 aromatic carbocycles. The Balaban J connectivity index is 2.62. The highest BCUT2D eigenvalue weighted by Crippen LogP contribution is 2.11. The van der Waals surface area contributed by atoms with Crippen molar-refractivity contribution in [1.82, 2.24) is 0 Å². The first-order valence-electron chi connectivity index (χ1n) is 4.30. The van der Waals surface area contributed by atoms with Crippen molar-refractivity contribution in [2.24, 2.45) is 0 Å². The zero-order valence-electron chi connectivity index (χ0n) is 8.12. The SMILES string of the molecule is O=Cc1ccc(OC(=O)/C=C/C(=O)O)cc1. The lowest BCUT2D eigenvalue weighted by Gasteiger charge is -2.00. The summed E-state index contributed by atoms with van der Waals surface area (Å²) in [4.78, 5) is 31.5. The van der Waals surface area contributed by atoms with Crippen LogP contribution in [-0.4, -0.2) is 23.3 Å². The van der Waals surface area contributed by atoms with Gasteiger partial charge >= 0.3 is 11.9 Å². The van der Waals surface area contributed by atoms with Crippen LogP contribution in [0.15, 0.2) is 36.4 Å².